The molecule has 0 aliphatic carbocycles. The van der Waals surface area contributed by atoms with Crippen molar-refractivity contribution in [1.29, 1.82) is 0 Å². The Hall–Kier alpha value is -0.463. The molecule has 0 saturated carbocycles. The van der Waals surface area contributed by atoms with Gasteiger partial charge in [0.1, 0.15) is 6.04 Å². The summed E-state index contributed by atoms with van der Waals surface area (Å²) in [6.07, 6.45) is 0. The fraction of sp³-hybridized carbons (Fsp3) is 0.714. The fourth-order valence-corrected chi connectivity index (χ4v) is 0.685. The first kappa shape index (κ1) is 14.1. The monoisotopic (exact) mass is 165 g/mol. The molecule has 0 rings (SSSR count). The quantitative estimate of drug-likeness (QED) is 0.273. The first-order valence-electron chi connectivity index (χ1n) is 3.39. The average molecular weight is 165 g/mol. The molecular formula is C7H12LiNO3. The molecule has 1 N–H and O–H groups in total. The van der Waals surface area contributed by atoms with E-state index in [4.69, 9.17) is 5.11 Å². The number of aliphatic carboxylic acids is 1. The third-order valence-electron chi connectivity index (χ3n) is 1.21. The molecule has 0 spiro atoms. The number of aliphatic imine (C=N–C) groups is 1. The summed E-state index contributed by atoms with van der Waals surface area (Å²) in [6, 6.07) is -0.896. The number of hydrogen-bond acceptors (Lipinski definition) is 3. The van der Waals surface area contributed by atoms with Crippen molar-refractivity contribution in [3.8, 4) is 0 Å². The molecule has 0 aliphatic heterocycles. The van der Waals surface area contributed by atoms with Gasteiger partial charge in [-0.2, -0.15) is 0 Å². The van der Waals surface area contributed by atoms with Crippen LogP contribution in [0.5, 0.6) is 0 Å². The maximum absolute atomic E-state index is 10.4. The molecule has 0 aromatic rings. The minimum Gasteiger partial charge on any atom is -0.862 e. The van der Waals surface area contributed by atoms with Gasteiger partial charge in [0.15, 0.2) is 0 Å². The predicted octanol–water partition coefficient (Wildman–Crippen LogP) is -3.12. The molecule has 0 saturated heterocycles. The van der Waals surface area contributed by atoms with Crippen molar-refractivity contribution in [3.63, 3.8) is 0 Å². The normalized spacial score (nSPS) is 13.8. The maximum Gasteiger partial charge on any atom is 1.00 e. The van der Waals surface area contributed by atoms with Crippen LogP contribution in [0.1, 0.15) is 20.8 Å². The molecule has 0 unspecified atom stereocenters. The van der Waals surface area contributed by atoms with Gasteiger partial charge < -0.3 is 10.2 Å². The molecule has 1 atom stereocenters. The van der Waals surface area contributed by atoms with E-state index >= 15 is 0 Å². The van der Waals surface area contributed by atoms with Gasteiger partial charge in [0, 0.05) is 0 Å². The van der Waals surface area contributed by atoms with Crippen LogP contribution < -0.4 is 24.0 Å². The van der Waals surface area contributed by atoms with Crippen LogP contribution in [0.2, 0.25) is 0 Å². The van der Waals surface area contributed by atoms with Gasteiger partial charge in [-0.3, -0.25) is 4.99 Å². The number of carboxylic acids is 1. The molecule has 12 heavy (non-hydrogen) atoms. The zero-order chi connectivity index (χ0) is 9.02. The number of hydrogen-bond donors (Lipinski definition) is 1. The van der Waals surface area contributed by atoms with E-state index in [0.29, 0.717) is 0 Å². The third-order valence-corrected chi connectivity index (χ3v) is 1.21. The molecule has 64 valence electrons. The molecule has 0 heterocycles. The third kappa shape index (κ3) is 5.22. The van der Waals surface area contributed by atoms with Crippen molar-refractivity contribution >= 4 is 11.9 Å². The van der Waals surface area contributed by atoms with Crippen LogP contribution in [0.15, 0.2) is 4.99 Å². The Kier molecular flexibility index (Phi) is 7.16. The van der Waals surface area contributed by atoms with Gasteiger partial charge in [-0.1, -0.05) is 13.8 Å². The van der Waals surface area contributed by atoms with Gasteiger partial charge in [-0.15, -0.1) is 0 Å². The zero-order valence-corrected chi connectivity index (χ0v) is 7.87. The van der Waals surface area contributed by atoms with Crippen molar-refractivity contribution in [1.82, 2.24) is 0 Å². The average Bonchev–Trinajstić information content (AvgIpc) is 1.81. The van der Waals surface area contributed by atoms with Gasteiger partial charge in [0.05, 0.1) is 0 Å². The molecule has 0 bridgehead atoms. The second-order valence-electron chi connectivity index (χ2n) is 2.68. The maximum atomic E-state index is 10.4. The molecule has 0 fully saturated rings. The summed E-state index contributed by atoms with van der Waals surface area (Å²) in [6.45, 7) is 4.68. The van der Waals surface area contributed by atoms with Crippen LogP contribution in [-0.2, 0) is 4.79 Å². The zero-order valence-electron chi connectivity index (χ0n) is 7.87. The first-order chi connectivity index (χ1) is 4.95. The second kappa shape index (κ2) is 6.10. The molecule has 0 amide bonds. The summed E-state index contributed by atoms with van der Waals surface area (Å²) in [5.74, 6) is -1.63. The van der Waals surface area contributed by atoms with Gasteiger partial charge in [-0.25, -0.2) is 4.79 Å². The molecule has 0 radical (unpaired) electrons. The Balaban J connectivity index is 0. The fourth-order valence-electron chi connectivity index (χ4n) is 0.685. The van der Waals surface area contributed by atoms with E-state index in [0.717, 1.165) is 0 Å². The van der Waals surface area contributed by atoms with Crippen molar-refractivity contribution in [3.05, 3.63) is 0 Å². The van der Waals surface area contributed by atoms with E-state index in [1.807, 2.05) is 0 Å². The second-order valence-corrected chi connectivity index (χ2v) is 2.68. The minimum absolute atomic E-state index is 0. The van der Waals surface area contributed by atoms with Crippen LogP contribution in [0.4, 0.5) is 0 Å². The van der Waals surface area contributed by atoms with E-state index in [-0.39, 0.29) is 24.8 Å². The van der Waals surface area contributed by atoms with Crippen LogP contribution in [-0.4, -0.2) is 23.0 Å². The number of carboxylic acid groups (broad SMARTS) is 1. The SMILES string of the molecule is CC([O-])=N[C@H](C(=O)O)C(C)C.[Li+]. The van der Waals surface area contributed by atoms with Crippen LogP contribution in [0.25, 0.3) is 0 Å². The summed E-state index contributed by atoms with van der Waals surface area (Å²) >= 11 is 0. The summed E-state index contributed by atoms with van der Waals surface area (Å²) in [7, 11) is 0. The molecule has 5 heteroatoms. The van der Waals surface area contributed by atoms with E-state index in [2.05, 4.69) is 4.99 Å². The number of nitrogens with zero attached hydrogens (tertiary/aromatic N) is 1. The first-order valence-corrected chi connectivity index (χ1v) is 3.39. The summed E-state index contributed by atoms with van der Waals surface area (Å²) in [5, 5.41) is 19.0. The molecule has 0 aliphatic rings. The summed E-state index contributed by atoms with van der Waals surface area (Å²) in [5.41, 5.74) is 0. The van der Waals surface area contributed by atoms with Gasteiger partial charge in [0.2, 0.25) is 0 Å². The Bertz CT molecular complexity index is 175. The molecular weight excluding hydrogens is 153 g/mol. The van der Waals surface area contributed by atoms with Crippen molar-refractivity contribution in [2.45, 2.75) is 26.8 Å². The van der Waals surface area contributed by atoms with Crippen molar-refractivity contribution in [2.75, 3.05) is 0 Å². The summed E-state index contributed by atoms with van der Waals surface area (Å²) in [4.78, 5) is 13.9. The van der Waals surface area contributed by atoms with Gasteiger partial charge in [0.25, 0.3) is 0 Å². The molecule has 0 aromatic carbocycles. The van der Waals surface area contributed by atoms with E-state index in [9.17, 15) is 9.90 Å². The number of rotatable bonds is 3. The Morgan fingerprint density at radius 1 is 1.50 bits per heavy atom. The molecule has 4 nitrogen and oxygen atoms in total. The number of carbonyl (C=O) groups is 1. The standard InChI is InChI=1S/C7H13NO3.Li/c1-4(2)6(7(10)11)8-5(3)9;/h4,6H,1-3H3,(H,8,9)(H,10,11);/q;+1/p-1/t6-;/m0./s1. The Morgan fingerprint density at radius 2 is 1.92 bits per heavy atom. The topological polar surface area (TPSA) is 72.7 Å². The largest absolute Gasteiger partial charge is 1.00 e. The predicted molar refractivity (Wildman–Crippen MR) is 39.4 cm³/mol. The van der Waals surface area contributed by atoms with Crippen LogP contribution in [0, 0.1) is 5.92 Å². The smallest absolute Gasteiger partial charge is 0.862 e. The Morgan fingerprint density at radius 3 is 2.00 bits per heavy atom. The van der Waals surface area contributed by atoms with Gasteiger partial charge >= 0.3 is 24.8 Å². The van der Waals surface area contributed by atoms with E-state index in [1.165, 1.54) is 6.92 Å². The van der Waals surface area contributed by atoms with E-state index < -0.39 is 17.9 Å². The summed E-state index contributed by atoms with van der Waals surface area (Å²) < 4.78 is 0. The molecule has 0 aromatic heterocycles. The van der Waals surface area contributed by atoms with Crippen molar-refractivity contribution < 1.29 is 33.9 Å². The van der Waals surface area contributed by atoms with Crippen LogP contribution >= 0.6 is 0 Å². The van der Waals surface area contributed by atoms with Crippen molar-refractivity contribution in [2.24, 2.45) is 10.9 Å². The Labute approximate surface area is 83.9 Å². The van der Waals surface area contributed by atoms with Gasteiger partial charge in [-0.05, 0) is 18.7 Å². The minimum atomic E-state index is -1.05. The van der Waals surface area contributed by atoms with E-state index in [1.54, 1.807) is 13.8 Å². The van der Waals surface area contributed by atoms with Crippen LogP contribution in [0.3, 0.4) is 0 Å².